The van der Waals surface area contributed by atoms with Gasteiger partial charge in [-0.15, -0.1) is 5.10 Å². The van der Waals surface area contributed by atoms with Gasteiger partial charge in [0.15, 0.2) is 5.69 Å². The minimum Gasteiger partial charge on any atom is -0.481 e. The molecule has 0 bridgehead atoms. The Morgan fingerprint density at radius 3 is 2.88 bits per heavy atom. The van der Waals surface area contributed by atoms with E-state index in [4.69, 9.17) is 16.7 Å². The summed E-state index contributed by atoms with van der Waals surface area (Å²) >= 11 is 6.04. The van der Waals surface area contributed by atoms with Gasteiger partial charge in [-0.05, 0) is 37.5 Å². The van der Waals surface area contributed by atoms with Crippen molar-refractivity contribution in [2.24, 2.45) is 0 Å². The monoisotopic (exact) mass is 362 g/mol. The number of benzene rings is 1. The highest BCUT2D eigenvalue weighted by Gasteiger charge is 2.33. The van der Waals surface area contributed by atoms with E-state index >= 15 is 0 Å². The molecule has 1 aromatic carbocycles. The van der Waals surface area contributed by atoms with Crippen LogP contribution in [0.2, 0.25) is 5.02 Å². The number of hydrogen-bond acceptors (Lipinski definition) is 4. The fourth-order valence-corrected chi connectivity index (χ4v) is 3.44. The van der Waals surface area contributed by atoms with Gasteiger partial charge >= 0.3 is 5.97 Å². The highest BCUT2D eigenvalue weighted by atomic mass is 35.5. The second-order valence-electron chi connectivity index (χ2n) is 6.02. The zero-order valence-corrected chi connectivity index (χ0v) is 14.6. The number of amides is 1. The van der Waals surface area contributed by atoms with Crippen molar-refractivity contribution in [3.63, 3.8) is 0 Å². The molecule has 7 nitrogen and oxygen atoms in total. The molecule has 2 aromatic rings. The largest absolute Gasteiger partial charge is 0.481 e. The van der Waals surface area contributed by atoms with Gasteiger partial charge in [-0.25, -0.2) is 4.68 Å². The van der Waals surface area contributed by atoms with Gasteiger partial charge in [0, 0.05) is 17.6 Å². The summed E-state index contributed by atoms with van der Waals surface area (Å²) in [5, 5.41) is 17.8. The van der Waals surface area contributed by atoms with Crippen molar-refractivity contribution < 1.29 is 14.7 Å². The zero-order valence-electron chi connectivity index (χ0n) is 13.9. The van der Waals surface area contributed by atoms with E-state index in [1.165, 1.54) is 0 Å². The standard InChI is InChI=1S/C17H19ClN4O3/c1-2-14-16(17(25)21-8-4-7-12(21)10-15(23)24)19-20-22(14)13-6-3-5-11(18)9-13/h3,5-6,9,12H,2,4,7-8,10H2,1H3,(H,23,24). The fraction of sp³-hybridized carbons (Fsp3) is 0.412. The molecule has 3 rings (SSSR count). The maximum absolute atomic E-state index is 12.9. The highest BCUT2D eigenvalue weighted by Crippen LogP contribution is 2.24. The molecule has 1 aliphatic rings. The molecule has 0 saturated carbocycles. The number of aliphatic carboxylic acids is 1. The number of carbonyl (C=O) groups excluding carboxylic acids is 1. The summed E-state index contributed by atoms with van der Waals surface area (Å²) in [7, 11) is 0. The molecule has 1 saturated heterocycles. The van der Waals surface area contributed by atoms with E-state index in [0.29, 0.717) is 30.1 Å². The predicted molar refractivity (Wildman–Crippen MR) is 92.1 cm³/mol. The number of carboxylic acids is 1. The molecule has 1 atom stereocenters. The van der Waals surface area contributed by atoms with Crippen LogP contribution in [-0.4, -0.2) is 49.5 Å². The number of carboxylic acid groups (broad SMARTS) is 1. The van der Waals surface area contributed by atoms with Crippen molar-refractivity contribution in [3.05, 3.63) is 40.7 Å². The number of nitrogens with zero attached hydrogens (tertiary/aromatic N) is 4. The smallest absolute Gasteiger partial charge is 0.305 e. The van der Waals surface area contributed by atoms with Crippen LogP contribution >= 0.6 is 11.6 Å². The average Bonchev–Trinajstić information content (AvgIpc) is 3.20. The first-order valence-corrected chi connectivity index (χ1v) is 8.62. The normalized spacial score (nSPS) is 17.0. The summed E-state index contributed by atoms with van der Waals surface area (Å²) in [6, 6.07) is 6.89. The van der Waals surface area contributed by atoms with Crippen LogP contribution in [0.1, 0.15) is 42.4 Å². The van der Waals surface area contributed by atoms with Gasteiger partial charge in [0.1, 0.15) is 0 Å². The lowest BCUT2D eigenvalue weighted by atomic mass is 10.1. The van der Waals surface area contributed by atoms with Crippen LogP contribution in [0, 0.1) is 0 Å². The SMILES string of the molecule is CCc1c(C(=O)N2CCCC2CC(=O)O)nnn1-c1cccc(Cl)c1. The Labute approximate surface area is 150 Å². The number of rotatable bonds is 5. The topological polar surface area (TPSA) is 88.3 Å². The molecule has 1 aliphatic heterocycles. The summed E-state index contributed by atoms with van der Waals surface area (Å²) in [6.07, 6.45) is 2.02. The van der Waals surface area contributed by atoms with Crippen molar-refractivity contribution in [2.45, 2.75) is 38.6 Å². The van der Waals surface area contributed by atoms with Crippen molar-refractivity contribution in [1.82, 2.24) is 19.9 Å². The van der Waals surface area contributed by atoms with Crippen molar-refractivity contribution in [3.8, 4) is 5.69 Å². The molecule has 132 valence electrons. The Kier molecular flexibility index (Phi) is 5.03. The lowest BCUT2D eigenvalue weighted by Crippen LogP contribution is -2.37. The van der Waals surface area contributed by atoms with Crippen LogP contribution in [0.5, 0.6) is 0 Å². The van der Waals surface area contributed by atoms with E-state index in [1.807, 2.05) is 19.1 Å². The third-order valence-electron chi connectivity index (χ3n) is 4.40. The Hall–Kier alpha value is -2.41. The third kappa shape index (κ3) is 3.51. The summed E-state index contributed by atoms with van der Waals surface area (Å²) in [5.41, 5.74) is 1.70. The lowest BCUT2D eigenvalue weighted by molar-refractivity contribution is -0.137. The van der Waals surface area contributed by atoms with Crippen molar-refractivity contribution in [1.29, 1.82) is 0 Å². The third-order valence-corrected chi connectivity index (χ3v) is 4.64. The van der Waals surface area contributed by atoms with Crippen molar-refractivity contribution >= 4 is 23.5 Å². The first-order chi connectivity index (χ1) is 12.0. The first kappa shape index (κ1) is 17.4. The number of carbonyl (C=O) groups is 2. The molecule has 1 unspecified atom stereocenters. The first-order valence-electron chi connectivity index (χ1n) is 8.24. The maximum atomic E-state index is 12.9. The molecule has 1 amide bonds. The second-order valence-corrected chi connectivity index (χ2v) is 6.46. The molecule has 1 fully saturated rings. The number of halogens is 1. The number of likely N-dealkylation sites (tertiary alicyclic amines) is 1. The molecule has 0 radical (unpaired) electrons. The van der Waals surface area contributed by atoms with Crippen molar-refractivity contribution in [2.75, 3.05) is 6.54 Å². The number of hydrogen-bond donors (Lipinski definition) is 1. The Bertz CT molecular complexity index is 805. The molecule has 0 aliphatic carbocycles. The molecule has 2 heterocycles. The molecular weight excluding hydrogens is 344 g/mol. The summed E-state index contributed by atoms with van der Waals surface area (Å²) in [4.78, 5) is 25.6. The van der Waals surface area contributed by atoms with E-state index in [2.05, 4.69) is 10.3 Å². The second kappa shape index (κ2) is 7.23. The van der Waals surface area contributed by atoms with Gasteiger partial charge in [-0.3, -0.25) is 9.59 Å². The van der Waals surface area contributed by atoms with E-state index in [9.17, 15) is 9.59 Å². The van der Waals surface area contributed by atoms with E-state index < -0.39 is 5.97 Å². The predicted octanol–water partition coefficient (Wildman–Crippen LogP) is 2.56. The summed E-state index contributed by atoms with van der Waals surface area (Å²) in [6.45, 7) is 2.47. The zero-order chi connectivity index (χ0) is 18.0. The lowest BCUT2D eigenvalue weighted by Gasteiger charge is -2.22. The molecule has 1 aromatic heterocycles. The van der Waals surface area contributed by atoms with Crippen LogP contribution in [0.3, 0.4) is 0 Å². The van der Waals surface area contributed by atoms with Crippen LogP contribution in [0.15, 0.2) is 24.3 Å². The Morgan fingerprint density at radius 1 is 1.40 bits per heavy atom. The van der Waals surface area contributed by atoms with Crippen LogP contribution in [0.4, 0.5) is 0 Å². The van der Waals surface area contributed by atoms with Gasteiger partial charge in [0.05, 0.1) is 17.8 Å². The molecule has 8 heteroatoms. The maximum Gasteiger partial charge on any atom is 0.305 e. The average molecular weight is 363 g/mol. The van der Waals surface area contributed by atoms with E-state index in [1.54, 1.807) is 21.7 Å². The van der Waals surface area contributed by atoms with Crippen LogP contribution < -0.4 is 0 Å². The van der Waals surface area contributed by atoms with Crippen LogP contribution in [-0.2, 0) is 11.2 Å². The molecular formula is C17H19ClN4O3. The van der Waals surface area contributed by atoms with Gasteiger partial charge in [-0.1, -0.05) is 29.8 Å². The quantitative estimate of drug-likeness (QED) is 0.883. The number of aromatic nitrogens is 3. The molecule has 0 spiro atoms. The highest BCUT2D eigenvalue weighted by molar-refractivity contribution is 6.30. The summed E-state index contributed by atoms with van der Waals surface area (Å²) in [5.74, 6) is -1.16. The summed E-state index contributed by atoms with van der Waals surface area (Å²) < 4.78 is 1.61. The van der Waals surface area contributed by atoms with E-state index in [0.717, 1.165) is 12.1 Å². The van der Waals surface area contributed by atoms with Gasteiger partial charge < -0.3 is 10.0 Å². The Morgan fingerprint density at radius 2 is 2.20 bits per heavy atom. The van der Waals surface area contributed by atoms with Gasteiger partial charge in [0.25, 0.3) is 5.91 Å². The molecule has 1 N–H and O–H groups in total. The molecule has 25 heavy (non-hydrogen) atoms. The van der Waals surface area contributed by atoms with Gasteiger partial charge in [0.2, 0.25) is 0 Å². The van der Waals surface area contributed by atoms with Crippen LogP contribution in [0.25, 0.3) is 5.69 Å². The minimum atomic E-state index is -0.900. The fourth-order valence-electron chi connectivity index (χ4n) is 3.25. The van der Waals surface area contributed by atoms with E-state index in [-0.39, 0.29) is 24.1 Å². The Balaban J connectivity index is 1.92. The van der Waals surface area contributed by atoms with Gasteiger partial charge in [-0.2, -0.15) is 0 Å². The minimum absolute atomic E-state index is 0.0460.